The summed E-state index contributed by atoms with van der Waals surface area (Å²) < 4.78 is 0. The van der Waals surface area contributed by atoms with Gasteiger partial charge in [-0.3, -0.25) is 4.79 Å². The van der Waals surface area contributed by atoms with Crippen molar-refractivity contribution in [1.82, 2.24) is 0 Å². The number of thiocarbonyl (C=S) groups is 1. The SMILES string of the molecule is CC(C)(C)c1ccc(Nc2ccc3c(c2Nc2ccc(C(C)(C)C)cc2)C(=S)c2c(-c4ccccc4)ccc(-c4ccccc4)c2C3=O)cc1. The quantitative estimate of drug-likeness (QED) is 0.173. The largest absolute Gasteiger partial charge is 0.354 e. The number of ketones is 1. The van der Waals surface area contributed by atoms with Crippen molar-refractivity contribution in [3.8, 4) is 22.3 Å². The summed E-state index contributed by atoms with van der Waals surface area (Å²) in [5, 5.41) is 7.39. The molecular formula is C46H42N2OS. The van der Waals surface area contributed by atoms with Gasteiger partial charge in [0.2, 0.25) is 0 Å². The maximum absolute atomic E-state index is 14.9. The third-order valence-corrected chi connectivity index (χ3v) is 9.96. The van der Waals surface area contributed by atoms with Crippen LogP contribution in [0.15, 0.2) is 133 Å². The summed E-state index contributed by atoms with van der Waals surface area (Å²) in [7, 11) is 0. The Balaban J connectivity index is 1.43. The van der Waals surface area contributed by atoms with E-state index < -0.39 is 0 Å². The lowest BCUT2D eigenvalue weighted by Crippen LogP contribution is -2.24. The standard InChI is InChI=1S/C46H42N2OS/c1-45(2,3)31-17-21-33(22-18-31)47-38-28-27-37-41(42(38)48-34-23-19-32(20-24-34)46(4,5)6)44(50)40-36(30-15-11-8-12-16-30)26-25-35(39(40)43(37)49)29-13-9-7-10-14-29/h7-28,47-48H,1-6H3. The molecule has 2 N–H and O–H groups in total. The Hall–Kier alpha value is -5.32. The van der Waals surface area contributed by atoms with E-state index in [9.17, 15) is 4.79 Å². The van der Waals surface area contributed by atoms with Crippen LogP contribution in [0.3, 0.4) is 0 Å². The van der Waals surface area contributed by atoms with Gasteiger partial charge in [0.1, 0.15) is 0 Å². The number of carbonyl (C=O) groups excluding carboxylic acids is 1. The predicted octanol–water partition coefficient (Wildman–Crippen LogP) is 12.4. The van der Waals surface area contributed by atoms with Crippen molar-refractivity contribution in [3.63, 3.8) is 0 Å². The van der Waals surface area contributed by atoms with E-state index in [0.717, 1.165) is 56.1 Å². The summed E-state index contributed by atoms with van der Waals surface area (Å²) >= 11 is 6.50. The van der Waals surface area contributed by atoms with E-state index in [1.807, 2.05) is 48.5 Å². The fourth-order valence-electron chi connectivity index (χ4n) is 6.72. The fourth-order valence-corrected chi connectivity index (χ4v) is 7.14. The van der Waals surface area contributed by atoms with Gasteiger partial charge in [0, 0.05) is 33.6 Å². The lowest BCUT2D eigenvalue weighted by atomic mass is 9.77. The van der Waals surface area contributed by atoms with Crippen molar-refractivity contribution in [1.29, 1.82) is 0 Å². The van der Waals surface area contributed by atoms with Gasteiger partial charge in [-0.05, 0) is 80.6 Å². The van der Waals surface area contributed by atoms with Gasteiger partial charge in [-0.1, -0.05) is 151 Å². The van der Waals surface area contributed by atoms with Crippen LogP contribution < -0.4 is 10.6 Å². The number of hydrogen-bond donors (Lipinski definition) is 2. The molecule has 1 aliphatic rings. The molecule has 0 heterocycles. The minimum atomic E-state index is -0.0348. The summed E-state index contributed by atoms with van der Waals surface area (Å²) in [5.41, 5.74) is 12.7. The number of nitrogens with one attached hydrogen (secondary N) is 2. The summed E-state index contributed by atoms with van der Waals surface area (Å²) in [6.07, 6.45) is 0. The molecule has 0 amide bonds. The maximum Gasteiger partial charge on any atom is 0.195 e. The van der Waals surface area contributed by atoms with Crippen LogP contribution in [0.2, 0.25) is 0 Å². The van der Waals surface area contributed by atoms with Gasteiger partial charge in [-0.2, -0.15) is 0 Å². The third-order valence-electron chi connectivity index (χ3n) is 9.56. The molecule has 0 saturated carbocycles. The normalized spacial score (nSPS) is 12.7. The Labute approximate surface area is 301 Å². The summed E-state index contributed by atoms with van der Waals surface area (Å²) in [5.74, 6) is -0.0348. The average molecular weight is 671 g/mol. The molecule has 0 spiro atoms. The Kier molecular flexibility index (Phi) is 8.53. The minimum Gasteiger partial charge on any atom is -0.354 e. The second-order valence-electron chi connectivity index (χ2n) is 15.1. The molecule has 6 aromatic carbocycles. The van der Waals surface area contributed by atoms with E-state index in [4.69, 9.17) is 12.2 Å². The van der Waals surface area contributed by atoms with Gasteiger partial charge in [-0.15, -0.1) is 0 Å². The first-order valence-corrected chi connectivity index (χ1v) is 17.6. The molecule has 7 rings (SSSR count). The summed E-state index contributed by atoms with van der Waals surface area (Å²) in [6.45, 7) is 13.3. The zero-order chi connectivity index (χ0) is 35.2. The van der Waals surface area contributed by atoms with Crippen molar-refractivity contribution in [2.75, 3.05) is 10.6 Å². The zero-order valence-corrected chi connectivity index (χ0v) is 30.3. The molecule has 3 nitrogen and oxygen atoms in total. The summed E-state index contributed by atoms with van der Waals surface area (Å²) in [4.78, 5) is 15.5. The smallest absolute Gasteiger partial charge is 0.195 e. The van der Waals surface area contributed by atoms with Crippen molar-refractivity contribution >= 4 is 45.6 Å². The highest BCUT2D eigenvalue weighted by Crippen LogP contribution is 2.45. The van der Waals surface area contributed by atoms with Crippen LogP contribution >= 0.6 is 12.2 Å². The van der Waals surface area contributed by atoms with Gasteiger partial charge in [0.05, 0.1) is 16.2 Å². The van der Waals surface area contributed by atoms with Gasteiger partial charge >= 0.3 is 0 Å². The highest BCUT2D eigenvalue weighted by molar-refractivity contribution is 7.81. The van der Waals surface area contributed by atoms with Gasteiger partial charge < -0.3 is 10.6 Å². The molecule has 1 aliphatic carbocycles. The zero-order valence-electron chi connectivity index (χ0n) is 29.5. The van der Waals surface area contributed by atoms with E-state index in [1.165, 1.54) is 11.1 Å². The van der Waals surface area contributed by atoms with Crippen LogP contribution in [0.1, 0.15) is 79.7 Å². The molecule has 0 atom stereocenters. The molecule has 0 bridgehead atoms. The number of rotatable bonds is 6. The minimum absolute atomic E-state index is 0.0262. The Morgan fingerprint density at radius 1 is 0.460 bits per heavy atom. The van der Waals surface area contributed by atoms with Gasteiger partial charge in [0.25, 0.3) is 0 Å². The molecule has 0 fully saturated rings. The first-order valence-electron chi connectivity index (χ1n) is 17.2. The monoisotopic (exact) mass is 670 g/mol. The molecule has 0 unspecified atom stereocenters. The number of hydrogen-bond acceptors (Lipinski definition) is 4. The molecule has 0 aromatic heterocycles. The number of anilines is 4. The maximum atomic E-state index is 14.9. The van der Waals surface area contributed by atoms with Gasteiger partial charge in [-0.25, -0.2) is 0 Å². The second kappa shape index (κ2) is 12.9. The van der Waals surface area contributed by atoms with Crippen LogP contribution in [0, 0.1) is 0 Å². The van der Waals surface area contributed by atoms with Crippen LogP contribution in [0.25, 0.3) is 22.3 Å². The first-order chi connectivity index (χ1) is 23.9. The Bertz CT molecular complexity index is 2220. The van der Waals surface area contributed by atoms with Crippen molar-refractivity contribution in [2.45, 2.75) is 52.4 Å². The molecule has 6 aromatic rings. The third kappa shape index (κ3) is 6.28. The highest BCUT2D eigenvalue weighted by atomic mass is 32.1. The van der Waals surface area contributed by atoms with Crippen molar-refractivity contribution in [3.05, 3.63) is 167 Å². The fraction of sp³-hybridized carbons (Fsp3) is 0.174. The Morgan fingerprint density at radius 3 is 1.38 bits per heavy atom. The summed E-state index contributed by atoms with van der Waals surface area (Å²) in [6, 6.07) is 45.5. The molecule has 50 heavy (non-hydrogen) atoms. The van der Waals surface area contributed by atoms with Crippen LogP contribution in [-0.2, 0) is 10.8 Å². The van der Waals surface area contributed by atoms with Gasteiger partial charge in [0.15, 0.2) is 5.78 Å². The topological polar surface area (TPSA) is 41.1 Å². The van der Waals surface area contributed by atoms with Crippen molar-refractivity contribution in [2.24, 2.45) is 0 Å². The second-order valence-corrected chi connectivity index (χ2v) is 15.5. The average Bonchev–Trinajstić information content (AvgIpc) is 3.11. The highest BCUT2D eigenvalue weighted by Gasteiger charge is 2.35. The molecule has 0 radical (unpaired) electrons. The number of benzene rings is 6. The van der Waals surface area contributed by atoms with Crippen molar-refractivity contribution < 1.29 is 4.79 Å². The molecule has 4 heteroatoms. The van der Waals surface area contributed by atoms with E-state index in [1.54, 1.807) is 0 Å². The lowest BCUT2D eigenvalue weighted by molar-refractivity contribution is 0.103. The number of fused-ring (bicyclic) bond motifs is 2. The van der Waals surface area contributed by atoms with Crippen LogP contribution in [0.5, 0.6) is 0 Å². The predicted molar refractivity (Wildman–Crippen MR) is 215 cm³/mol. The number of carbonyl (C=O) groups is 1. The first kappa shape index (κ1) is 33.2. The van der Waals surface area contributed by atoms with E-state index >= 15 is 0 Å². The Morgan fingerprint density at radius 2 is 0.900 bits per heavy atom. The lowest BCUT2D eigenvalue weighted by Gasteiger charge is -2.29. The molecular weight excluding hydrogens is 629 g/mol. The molecule has 0 aliphatic heterocycles. The molecule has 248 valence electrons. The van der Waals surface area contributed by atoms with E-state index in [0.29, 0.717) is 16.0 Å². The van der Waals surface area contributed by atoms with E-state index in [-0.39, 0.29) is 16.6 Å². The van der Waals surface area contributed by atoms with E-state index in [2.05, 4.69) is 137 Å². The van der Waals surface area contributed by atoms with Crippen LogP contribution in [-0.4, -0.2) is 10.6 Å². The van der Waals surface area contributed by atoms with Crippen LogP contribution in [0.4, 0.5) is 22.7 Å². The molecule has 0 saturated heterocycles.